The highest BCUT2D eigenvalue weighted by Crippen LogP contribution is 2.27. The molecule has 8 nitrogen and oxygen atoms in total. The number of hydrogen-bond donors (Lipinski definition) is 0. The lowest BCUT2D eigenvalue weighted by Gasteiger charge is -2.36. The first-order valence-electron chi connectivity index (χ1n) is 10.4. The summed E-state index contributed by atoms with van der Waals surface area (Å²) >= 11 is 0. The summed E-state index contributed by atoms with van der Waals surface area (Å²) in [6.07, 6.45) is 4.11. The number of rotatable bonds is 5. The topological polar surface area (TPSA) is 89.7 Å². The predicted octanol–water partition coefficient (Wildman–Crippen LogP) is 3.41. The second kappa shape index (κ2) is 9.01. The Morgan fingerprint density at radius 3 is 2.59 bits per heavy atom. The van der Waals surface area contributed by atoms with Crippen molar-refractivity contribution in [1.82, 2.24) is 34.8 Å². The van der Waals surface area contributed by atoms with Crippen molar-refractivity contribution in [2.45, 2.75) is 51.2 Å². The molecule has 0 saturated carbocycles. The summed E-state index contributed by atoms with van der Waals surface area (Å²) in [4.78, 5) is 28.5. The molecule has 32 heavy (non-hydrogen) atoms. The molecule has 11 heteroatoms. The van der Waals surface area contributed by atoms with E-state index in [1.54, 1.807) is 17.0 Å². The van der Waals surface area contributed by atoms with Gasteiger partial charge in [0.1, 0.15) is 5.69 Å². The zero-order chi connectivity index (χ0) is 22.7. The van der Waals surface area contributed by atoms with Crippen LogP contribution in [0.25, 0.3) is 5.69 Å². The molecule has 1 unspecified atom stereocenters. The molecule has 0 radical (unpaired) electrons. The Kier molecular flexibility index (Phi) is 6.15. The Bertz CT molecular complexity index is 1070. The first kappa shape index (κ1) is 21.8. The van der Waals surface area contributed by atoms with Crippen molar-refractivity contribution in [3.63, 3.8) is 0 Å². The lowest BCUT2D eigenvalue weighted by atomic mass is 9.96. The number of piperidine rings is 1. The lowest BCUT2D eigenvalue weighted by Crippen LogP contribution is -2.44. The lowest BCUT2D eigenvalue weighted by molar-refractivity contribution is -0.141. The van der Waals surface area contributed by atoms with Gasteiger partial charge in [0.25, 0.3) is 5.91 Å². The quantitative estimate of drug-likeness (QED) is 0.598. The van der Waals surface area contributed by atoms with Crippen LogP contribution in [0.1, 0.15) is 53.3 Å². The minimum atomic E-state index is -4.51. The Hall–Kier alpha value is -3.37. The molecule has 1 aliphatic rings. The van der Waals surface area contributed by atoms with Crippen LogP contribution in [0.2, 0.25) is 0 Å². The van der Waals surface area contributed by atoms with Gasteiger partial charge in [-0.3, -0.25) is 9.78 Å². The van der Waals surface area contributed by atoms with Gasteiger partial charge in [0, 0.05) is 24.5 Å². The molecule has 4 heterocycles. The minimum absolute atomic E-state index is 0.0684. The number of aromatic nitrogens is 6. The van der Waals surface area contributed by atoms with Crippen LogP contribution in [0.4, 0.5) is 13.2 Å². The predicted molar refractivity (Wildman–Crippen MR) is 108 cm³/mol. The van der Waals surface area contributed by atoms with Gasteiger partial charge in [0.2, 0.25) is 0 Å². The first-order chi connectivity index (χ1) is 15.3. The van der Waals surface area contributed by atoms with E-state index in [2.05, 4.69) is 25.1 Å². The molecule has 168 valence electrons. The standard InChI is InChI=1S/C21H22F3N7O/c1-14-5-8-17(31-27-9-10-28-31)19(29-14)20(32)30-11-3-2-4-16(30)7-6-15-12-26-18(13-25-15)21(22,23)24/h5,8-10,12-13,16H,2-4,6-7,11H2,1H3. The maximum atomic E-state index is 13.5. The summed E-state index contributed by atoms with van der Waals surface area (Å²) in [5.74, 6) is -0.204. The summed E-state index contributed by atoms with van der Waals surface area (Å²) in [6.45, 7) is 2.40. The normalized spacial score (nSPS) is 16.9. The molecule has 4 rings (SSSR count). The van der Waals surface area contributed by atoms with Crippen LogP contribution < -0.4 is 0 Å². The van der Waals surface area contributed by atoms with E-state index in [1.165, 1.54) is 17.2 Å². The molecule has 1 aliphatic heterocycles. The molecule has 1 atom stereocenters. The van der Waals surface area contributed by atoms with E-state index in [1.807, 2.05) is 6.92 Å². The molecule has 0 aliphatic carbocycles. The van der Waals surface area contributed by atoms with E-state index in [0.29, 0.717) is 36.5 Å². The van der Waals surface area contributed by atoms with Crippen LogP contribution in [0, 0.1) is 6.92 Å². The first-order valence-corrected chi connectivity index (χ1v) is 10.4. The average Bonchev–Trinajstić information content (AvgIpc) is 3.32. The SMILES string of the molecule is Cc1ccc(-n2nccn2)c(C(=O)N2CCCCC2CCc2cnc(C(F)(F)F)cn2)n1. The van der Waals surface area contributed by atoms with Crippen molar-refractivity contribution in [3.8, 4) is 5.69 Å². The van der Waals surface area contributed by atoms with E-state index in [0.717, 1.165) is 31.7 Å². The molecule has 3 aromatic rings. The Morgan fingerprint density at radius 2 is 1.91 bits per heavy atom. The van der Waals surface area contributed by atoms with Gasteiger partial charge in [0.15, 0.2) is 11.4 Å². The zero-order valence-corrected chi connectivity index (χ0v) is 17.5. The third-order valence-corrected chi connectivity index (χ3v) is 5.47. The number of likely N-dealkylation sites (tertiary alicyclic amines) is 1. The monoisotopic (exact) mass is 445 g/mol. The zero-order valence-electron chi connectivity index (χ0n) is 17.5. The molecule has 1 saturated heterocycles. The second-order valence-electron chi connectivity index (χ2n) is 7.72. The molecular formula is C21H22F3N7O. The third-order valence-electron chi connectivity index (χ3n) is 5.47. The number of carbonyl (C=O) groups excluding carboxylic acids is 1. The van der Waals surface area contributed by atoms with Gasteiger partial charge >= 0.3 is 6.18 Å². The number of pyridine rings is 1. The maximum Gasteiger partial charge on any atom is 0.434 e. The second-order valence-corrected chi connectivity index (χ2v) is 7.72. The molecule has 0 N–H and O–H groups in total. The molecule has 1 amide bonds. The van der Waals surface area contributed by atoms with Crippen molar-refractivity contribution in [2.75, 3.05) is 6.54 Å². The van der Waals surface area contributed by atoms with Gasteiger partial charge < -0.3 is 4.90 Å². The van der Waals surface area contributed by atoms with Gasteiger partial charge in [-0.2, -0.15) is 23.4 Å². The largest absolute Gasteiger partial charge is 0.434 e. The molecule has 0 bridgehead atoms. The number of aryl methyl sites for hydroxylation is 2. The summed E-state index contributed by atoms with van der Waals surface area (Å²) < 4.78 is 38.1. The van der Waals surface area contributed by atoms with Gasteiger partial charge in [-0.1, -0.05) is 0 Å². The summed E-state index contributed by atoms with van der Waals surface area (Å²) in [6, 6.07) is 3.50. The van der Waals surface area contributed by atoms with Gasteiger partial charge in [-0.15, -0.1) is 4.80 Å². The van der Waals surface area contributed by atoms with Crippen LogP contribution >= 0.6 is 0 Å². The van der Waals surface area contributed by atoms with Gasteiger partial charge in [0.05, 0.1) is 24.3 Å². The maximum absolute atomic E-state index is 13.5. The van der Waals surface area contributed by atoms with Crippen LogP contribution in [0.3, 0.4) is 0 Å². The highest BCUT2D eigenvalue weighted by Gasteiger charge is 2.33. The summed E-state index contributed by atoms with van der Waals surface area (Å²) in [7, 11) is 0. The fourth-order valence-electron chi connectivity index (χ4n) is 3.86. The molecule has 0 spiro atoms. The highest BCUT2D eigenvalue weighted by molar-refractivity contribution is 5.96. The van der Waals surface area contributed by atoms with Crippen molar-refractivity contribution >= 4 is 5.91 Å². The van der Waals surface area contributed by atoms with Crippen LogP contribution in [-0.4, -0.2) is 53.3 Å². The van der Waals surface area contributed by atoms with Gasteiger partial charge in [-0.05, 0) is 51.2 Å². The van der Waals surface area contributed by atoms with Crippen LogP contribution in [0.15, 0.2) is 36.9 Å². The Morgan fingerprint density at radius 1 is 1.12 bits per heavy atom. The number of alkyl halides is 3. The fourth-order valence-corrected chi connectivity index (χ4v) is 3.86. The summed E-state index contributed by atoms with van der Waals surface area (Å²) in [5, 5.41) is 8.25. The molecule has 1 fully saturated rings. The Balaban J connectivity index is 1.52. The number of hydrogen-bond acceptors (Lipinski definition) is 6. The van der Waals surface area contributed by atoms with Crippen molar-refractivity contribution in [3.05, 3.63) is 59.7 Å². The fraction of sp³-hybridized carbons (Fsp3) is 0.429. The summed E-state index contributed by atoms with van der Waals surface area (Å²) in [5.41, 5.74) is 0.941. The number of amides is 1. The number of carbonyl (C=O) groups is 1. The Labute approximate surface area is 182 Å². The van der Waals surface area contributed by atoms with Crippen LogP contribution in [-0.2, 0) is 12.6 Å². The van der Waals surface area contributed by atoms with Gasteiger partial charge in [-0.25, -0.2) is 9.97 Å². The third kappa shape index (κ3) is 4.76. The van der Waals surface area contributed by atoms with E-state index in [9.17, 15) is 18.0 Å². The molecule has 3 aromatic heterocycles. The number of nitrogens with zero attached hydrogens (tertiary/aromatic N) is 7. The molecular weight excluding hydrogens is 423 g/mol. The minimum Gasteiger partial charge on any atom is -0.334 e. The van der Waals surface area contributed by atoms with Crippen molar-refractivity contribution in [2.24, 2.45) is 0 Å². The van der Waals surface area contributed by atoms with E-state index >= 15 is 0 Å². The molecule has 0 aromatic carbocycles. The highest BCUT2D eigenvalue weighted by atomic mass is 19.4. The van der Waals surface area contributed by atoms with Crippen molar-refractivity contribution < 1.29 is 18.0 Å². The van der Waals surface area contributed by atoms with E-state index in [4.69, 9.17) is 0 Å². The smallest absolute Gasteiger partial charge is 0.334 e. The van der Waals surface area contributed by atoms with E-state index in [-0.39, 0.29) is 17.6 Å². The van der Waals surface area contributed by atoms with Crippen molar-refractivity contribution in [1.29, 1.82) is 0 Å². The van der Waals surface area contributed by atoms with Crippen LogP contribution in [0.5, 0.6) is 0 Å². The number of halogens is 3. The average molecular weight is 445 g/mol. The van der Waals surface area contributed by atoms with E-state index < -0.39 is 11.9 Å².